The summed E-state index contributed by atoms with van der Waals surface area (Å²) < 4.78 is 11.3. The van der Waals surface area contributed by atoms with Gasteiger partial charge in [-0.15, -0.1) is 0 Å². The molecule has 0 aromatic heterocycles. The lowest BCUT2D eigenvalue weighted by molar-refractivity contribution is -0.145. The zero-order chi connectivity index (χ0) is 21.0. The number of nitrogens with zero attached hydrogens (tertiary/aromatic N) is 2. The second kappa shape index (κ2) is 9.24. The summed E-state index contributed by atoms with van der Waals surface area (Å²) in [5.74, 6) is -0.285. The average molecular weight is 478 g/mol. The van der Waals surface area contributed by atoms with Crippen LogP contribution in [0.5, 0.6) is 5.75 Å². The predicted molar refractivity (Wildman–Crippen MR) is 116 cm³/mol. The van der Waals surface area contributed by atoms with Crippen molar-refractivity contribution in [3.8, 4) is 5.75 Å². The van der Waals surface area contributed by atoms with Crippen LogP contribution in [0.2, 0.25) is 5.02 Å². The number of ether oxygens (including phenoxy) is 2. The van der Waals surface area contributed by atoms with Gasteiger partial charge in [0.2, 0.25) is 0 Å². The number of halogens is 2. The van der Waals surface area contributed by atoms with Crippen LogP contribution in [0, 0.1) is 0 Å². The van der Waals surface area contributed by atoms with Crippen molar-refractivity contribution in [2.45, 2.75) is 13.8 Å². The molecule has 8 heteroatoms. The standard InChI is InChI=1S/C21H18BrClN2O4/c1-3-28-20(26)12-29-19-8-7-15(22)9-14(19)10-18-13(2)24-25(21(18)27)17-6-4-5-16(23)11-17/h4-11H,3,12H2,1-2H3. The van der Waals surface area contributed by atoms with Gasteiger partial charge >= 0.3 is 5.97 Å². The monoisotopic (exact) mass is 476 g/mol. The lowest BCUT2D eigenvalue weighted by Gasteiger charge is -2.12. The van der Waals surface area contributed by atoms with E-state index >= 15 is 0 Å². The first-order valence-electron chi connectivity index (χ1n) is 8.84. The third-order valence-electron chi connectivity index (χ3n) is 4.04. The first-order chi connectivity index (χ1) is 13.9. The zero-order valence-electron chi connectivity index (χ0n) is 15.8. The minimum absolute atomic E-state index is 0.221. The van der Waals surface area contributed by atoms with Crippen molar-refractivity contribution in [3.05, 3.63) is 63.1 Å². The van der Waals surface area contributed by atoms with Gasteiger partial charge in [-0.05, 0) is 56.3 Å². The number of esters is 1. The minimum Gasteiger partial charge on any atom is -0.481 e. The van der Waals surface area contributed by atoms with Crippen LogP contribution in [-0.2, 0) is 14.3 Å². The molecular formula is C21H18BrClN2O4. The number of amides is 1. The Morgan fingerprint density at radius 1 is 1.28 bits per heavy atom. The SMILES string of the molecule is CCOC(=O)COc1ccc(Br)cc1C=C1C(=O)N(c2cccc(Cl)c2)N=C1C. The van der Waals surface area contributed by atoms with Gasteiger partial charge in [0.15, 0.2) is 6.61 Å². The molecule has 2 aromatic carbocycles. The highest BCUT2D eigenvalue weighted by atomic mass is 79.9. The van der Waals surface area contributed by atoms with Crippen LogP contribution in [0.4, 0.5) is 5.69 Å². The maximum Gasteiger partial charge on any atom is 0.344 e. The van der Waals surface area contributed by atoms with Gasteiger partial charge in [0.25, 0.3) is 5.91 Å². The third kappa shape index (κ3) is 5.05. The molecule has 6 nitrogen and oxygen atoms in total. The van der Waals surface area contributed by atoms with Crippen molar-refractivity contribution in [3.63, 3.8) is 0 Å². The van der Waals surface area contributed by atoms with E-state index in [1.54, 1.807) is 62.4 Å². The van der Waals surface area contributed by atoms with Crippen LogP contribution in [0.3, 0.4) is 0 Å². The molecule has 0 aliphatic carbocycles. The second-order valence-corrected chi connectivity index (χ2v) is 7.47. The lowest BCUT2D eigenvalue weighted by atomic mass is 10.1. The number of anilines is 1. The second-order valence-electron chi connectivity index (χ2n) is 6.12. The molecule has 2 aromatic rings. The average Bonchev–Trinajstić information content (AvgIpc) is 2.96. The predicted octanol–water partition coefficient (Wildman–Crippen LogP) is 4.85. The van der Waals surface area contributed by atoms with Crippen molar-refractivity contribution in [2.24, 2.45) is 5.10 Å². The van der Waals surface area contributed by atoms with Crippen LogP contribution in [0.25, 0.3) is 6.08 Å². The number of benzene rings is 2. The third-order valence-corrected chi connectivity index (χ3v) is 4.77. The molecular weight excluding hydrogens is 460 g/mol. The Morgan fingerprint density at radius 2 is 2.07 bits per heavy atom. The normalized spacial score (nSPS) is 14.9. The molecule has 0 saturated carbocycles. The fraction of sp³-hybridized carbons (Fsp3) is 0.190. The highest BCUT2D eigenvalue weighted by Crippen LogP contribution is 2.30. The Bertz CT molecular complexity index is 1020. The van der Waals surface area contributed by atoms with Gasteiger partial charge in [-0.25, -0.2) is 4.79 Å². The molecule has 0 bridgehead atoms. The summed E-state index contributed by atoms with van der Waals surface area (Å²) in [6.45, 7) is 3.54. The van der Waals surface area contributed by atoms with Gasteiger partial charge < -0.3 is 9.47 Å². The van der Waals surface area contributed by atoms with Gasteiger partial charge in [0.05, 0.1) is 23.6 Å². The van der Waals surface area contributed by atoms with E-state index < -0.39 is 5.97 Å². The zero-order valence-corrected chi connectivity index (χ0v) is 18.2. The molecule has 0 radical (unpaired) electrons. The van der Waals surface area contributed by atoms with Crippen LogP contribution in [-0.4, -0.2) is 30.8 Å². The molecule has 29 heavy (non-hydrogen) atoms. The number of carbonyl (C=O) groups excluding carboxylic acids is 2. The summed E-state index contributed by atoms with van der Waals surface area (Å²) in [4.78, 5) is 24.6. The molecule has 0 unspecified atom stereocenters. The van der Waals surface area contributed by atoms with Gasteiger partial charge in [0, 0.05) is 15.1 Å². The Kier molecular flexibility index (Phi) is 6.71. The van der Waals surface area contributed by atoms with E-state index in [0.29, 0.717) is 33.3 Å². The van der Waals surface area contributed by atoms with Crippen molar-refractivity contribution < 1.29 is 19.1 Å². The van der Waals surface area contributed by atoms with Gasteiger partial charge in [0.1, 0.15) is 5.75 Å². The van der Waals surface area contributed by atoms with E-state index in [4.69, 9.17) is 21.1 Å². The molecule has 150 valence electrons. The summed E-state index contributed by atoms with van der Waals surface area (Å²) in [5, 5.41) is 6.18. The minimum atomic E-state index is -0.462. The van der Waals surface area contributed by atoms with Crippen LogP contribution in [0.1, 0.15) is 19.4 Å². The largest absolute Gasteiger partial charge is 0.481 e. The Hall–Kier alpha value is -2.64. The van der Waals surface area contributed by atoms with Crippen LogP contribution < -0.4 is 9.75 Å². The maximum absolute atomic E-state index is 13.0. The smallest absolute Gasteiger partial charge is 0.344 e. The first-order valence-corrected chi connectivity index (χ1v) is 10.0. The lowest BCUT2D eigenvalue weighted by Crippen LogP contribution is -2.21. The van der Waals surface area contributed by atoms with Crippen molar-refractivity contribution in [1.82, 2.24) is 0 Å². The number of hydrogen-bond donors (Lipinski definition) is 0. The van der Waals surface area contributed by atoms with Gasteiger partial charge in [-0.1, -0.05) is 33.6 Å². The number of hydrazone groups is 1. The van der Waals surface area contributed by atoms with Crippen molar-refractivity contribution in [2.75, 3.05) is 18.2 Å². The number of carbonyl (C=O) groups is 2. The van der Waals surface area contributed by atoms with E-state index in [2.05, 4.69) is 21.0 Å². The topological polar surface area (TPSA) is 68.2 Å². The Balaban J connectivity index is 1.89. The molecule has 1 aliphatic heterocycles. The van der Waals surface area contributed by atoms with E-state index in [9.17, 15) is 9.59 Å². The fourth-order valence-corrected chi connectivity index (χ4v) is 3.29. The van der Waals surface area contributed by atoms with Crippen LogP contribution in [0.15, 0.2) is 57.6 Å². The summed E-state index contributed by atoms with van der Waals surface area (Å²) >= 11 is 9.45. The highest BCUT2D eigenvalue weighted by Gasteiger charge is 2.29. The molecule has 1 aliphatic rings. The van der Waals surface area contributed by atoms with E-state index in [1.807, 2.05) is 0 Å². The molecule has 0 N–H and O–H groups in total. The summed E-state index contributed by atoms with van der Waals surface area (Å²) in [6.07, 6.45) is 1.69. The van der Waals surface area contributed by atoms with Gasteiger partial charge in [-0.3, -0.25) is 4.79 Å². The molecule has 0 saturated heterocycles. The van der Waals surface area contributed by atoms with E-state index in [0.717, 1.165) is 4.47 Å². The van der Waals surface area contributed by atoms with Crippen LogP contribution >= 0.6 is 27.5 Å². The molecule has 1 heterocycles. The fourth-order valence-electron chi connectivity index (χ4n) is 2.73. The summed E-state index contributed by atoms with van der Waals surface area (Å²) in [7, 11) is 0. The van der Waals surface area contributed by atoms with E-state index in [1.165, 1.54) is 5.01 Å². The molecule has 1 amide bonds. The van der Waals surface area contributed by atoms with E-state index in [-0.39, 0.29) is 19.1 Å². The quantitative estimate of drug-likeness (QED) is 0.440. The number of rotatable bonds is 6. The molecule has 3 rings (SSSR count). The molecule has 0 spiro atoms. The molecule has 0 fully saturated rings. The number of hydrogen-bond acceptors (Lipinski definition) is 5. The Morgan fingerprint density at radius 3 is 2.79 bits per heavy atom. The summed E-state index contributed by atoms with van der Waals surface area (Å²) in [5.41, 5.74) is 2.20. The summed E-state index contributed by atoms with van der Waals surface area (Å²) in [6, 6.07) is 12.2. The Labute approximate surface area is 181 Å². The van der Waals surface area contributed by atoms with Gasteiger partial charge in [-0.2, -0.15) is 10.1 Å². The molecule has 0 atom stereocenters. The van der Waals surface area contributed by atoms with Crippen molar-refractivity contribution in [1.29, 1.82) is 0 Å². The highest BCUT2D eigenvalue weighted by molar-refractivity contribution is 9.10. The van der Waals surface area contributed by atoms with Crippen molar-refractivity contribution >= 4 is 56.9 Å². The first kappa shape index (κ1) is 21.1. The maximum atomic E-state index is 13.0.